The molecule has 0 N–H and O–H groups in total. The Morgan fingerprint density at radius 3 is 1.89 bits per heavy atom. The Kier molecular flexibility index (Phi) is 6.27. The van der Waals surface area contributed by atoms with E-state index in [1.165, 1.54) is 38.5 Å². The molecule has 7 aromatic carbocycles. The van der Waals surface area contributed by atoms with Gasteiger partial charge in [-0.05, 0) is 81.9 Å². The van der Waals surface area contributed by atoms with Gasteiger partial charge in [-0.3, -0.25) is 4.57 Å². The fourth-order valence-electron chi connectivity index (χ4n) is 8.57. The molecule has 0 spiro atoms. The Morgan fingerprint density at radius 2 is 1.13 bits per heavy atom. The largest absolute Gasteiger partial charge is 0.439 e. The molecule has 0 unspecified atom stereocenters. The van der Waals surface area contributed by atoms with Gasteiger partial charge in [-0.1, -0.05) is 129 Å². The van der Waals surface area contributed by atoms with E-state index in [0.29, 0.717) is 5.82 Å². The van der Waals surface area contributed by atoms with Crippen molar-refractivity contribution >= 4 is 43.9 Å². The number of rotatable bonds is 4. The molecule has 0 radical (unpaired) electrons. The number of hydrogen-bond acceptors (Lipinski definition) is 3. The lowest BCUT2D eigenvalue weighted by molar-refractivity contribution is 0.612. The summed E-state index contributed by atoms with van der Waals surface area (Å²) in [5.74, 6) is 0.703. The van der Waals surface area contributed by atoms with Crippen molar-refractivity contribution in [3.63, 3.8) is 0 Å². The third kappa shape index (κ3) is 4.42. The Morgan fingerprint density at radius 1 is 0.491 bits per heavy atom. The minimum Gasteiger partial charge on any atom is -0.439 e. The van der Waals surface area contributed by atoms with Gasteiger partial charge in [-0.15, -0.1) is 0 Å². The lowest BCUT2D eigenvalue weighted by Gasteiger charge is -2.34. The molecular formula is C49H33N3O. The van der Waals surface area contributed by atoms with Gasteiger partial charge in [0, 0.05) is 32.7 Å². The summed E-state index contributed by atoms with van der Waals surface area (Å²) in [5.41, 5.74) is 14.8. The smallest absolute Gasteiger partial charge is 0.213 e. The van der Waals surface area contributed by atoms with Crippen molar-refractivity contribution in [1.29, 1.82) is 0 Å². The highest BCUT2D eigenvalue weighted by Gasteiger charge is 2.37. The normalized spacial score (nSPS) is 13.2. The van der Waals surface area contributed by atoms with Crippen molar-refractivity contribution in [2.75, 3.05) is 0 Å². The minimum absolute atomic E-state index is 0.277. The van der Waals surface area contributed by atoms with Crippen molar-refractivity contribution in [3.8, 4) is 50.6 Å². The highest BCUT2D eigenvalue weighted by atomic mass is 16.3. The molecule has 0 aliphatic carbocycles. The first-order valence-electron chi connectivity index (χ1n) is 18.2. The average molecular weight is 680 g/mol. The van der Waals surface area contributed by atoms with E-state index in [2.05, 4.69) is 176 Å². The van der Waals surface area contributed by atoms with Crippen LogP contribution in [0.3, 0.4) is 0 Å². The molecular weight excluding hydrogens is 647 g/mol. The third-order valence-corrected chi connectivity index (χ3v) is 11.2. The third-order valence-electron chi connectivity index (χ3n) is 11.2. The van der Waals surface area contributed by atoms with Gasteiger partial charge in [0.15, 0.2) is 5.82 Å². The first-order valence-corrected chi connectivity index (χ1v) is 18.2. The van der Waals surface area contributed by atoms with Gasteiger partial charge in [-0.25, -0.2) is 9.97 Å². The molecule has 0 saturated heterocycles. The van der Waals surface area contributed by atoms with Gasteiger partial charge >= 0.3 is 0 Å². The molecule has 10 aromatic rings. The molecule has 0 saturated carbocycles. The van der Waals surface area contributed by atoms with Crippen LogP contribution in [0.2, 0.25) is 0 Å². The van der Waals surface area contributed by atoms with Crippen molar-refractivity contribution in [1.82, 2.24) is 14.5 Å². The van der Waals surface area contributed by atoms with Crippen LogP contribution in [0.1, 0.15) is 25.0 Å². The first-order chi connectivity index (χ1) is 26.0. The summed E-state index contributed by atoms with van der Waals surface area (Å²) in [6.07, 6.45) is 0. The van der Waals surface area contributed by atoms with Crippen LogP contribution >= 0.6 is 0 Å². The molecule has 3 aromatic heterocycles. The van der Waals surface area contributed by atoms with Crippen molar-refractivity contribution in [2.45, 2.75) is 19.3 Å². The van der Waals surface area contributed by atoms with Gasteiger partial charge in [0.25, 0.3) is 0 Å². The molecule has 250 valence electrons. The standard InChI is InChI=1S/C49H33N3O/c1-49(2)39-21-13-20-38-44-37-19-10-12-23-43(37)53-48(44)52(46(38)39)42-25-24-32(29-40(42)49)47-50-41-22-11-9-18-36(41)45(51-47)35-27-33(30-14-5-3-6-15-30)26-34(28-35)31-16-7-4-8-17-31/h3-29H,1-2H3. The van der Waals surface area contributed by atoms with Gasteiger partial charge in [0.05, 0.1) is 27.8 Å². The molecule has 0 bridgehead atoms. The summed E-state index contributed by atoms with van der Waals surface area (Å²) >= 11 is 0. The molecule has 1 aliphatic heterocycles. The minimum atomic E-state index is -0.277. The topological polar surface area (TPSA) is 43.9 Å². The zero-order valence-corrected chi connectivity index (χ0v) is 29.3. The van der Waals surface area contributed by atoms with Crippen molar-refractivity contribution in [2.24, 2.45) is 0 Å². The van der Waals surface area contributed by atoms with E-state index < -0.39 is 0 Å². The van der Waals surface area contributed by atoms with Crippen LogP contribution in [0.4, 0.5) is 0 Å². The molecule has 4 heterocycles. The van der Waals surface area contributed by atoms with Crippen LogP contribution in [-0.4, -0.2) is 14.5 Å². The van der Waals surface area contributed by atoms with Crippen LogP contribution in [0.5, 0.6) is 0 Å². The van der Waals surface area contributed by atoms with Gasteiger partial charge < -0.3 is 4.42 Å². The van der Waals surface area contributed by atoms with E-state index >= 15 is 0 Å². The van der Waals surface area contributed by atoms with Crippen LogP contribution in [0, 0.1) is 0 Å². The molecule has 0 amide bonds. The highest BCUT2D eigenvalue weighted by molar-refractivity contribution is 6.21. The van der Waals surface area contributed by atoms with E-state index in [1.54, 1.807) is 0 Å². The highest BCUT2D eigenvalue weighted by Crippen LogP contribution is 2.50. The first kappa shape index (κ1) is 29.9. The number of benzene rings is 7. The second kappa shape index (κ2) is 11.1. The predicted molar refractivity (Wildman–Crippen MR) is 218 cm³/mol. The van der Waals surface area contributed by atoms with Crippen molar-refractivity contribution < 1.29 is 4.42 Å². The lowest BCUT2D eigenvalue weighted by atomic mass is 9.74. The summed E-state index contributed by atoms with van der Waals surface area (Å²) in [4.78, 5) is 10.6. The van der Waals surface area contributed by atoms with Gasteiger partial charge in [0.2, 0.25) is 5.71 Å². The summed E-state index contributed by atoms with van der Waals surface area (Å²) in [6, 6.07) is 58.1. The van der Waals surface area contributed by atoms with E-state index in [9.17, 15) is 0 Å². The van der Waals surface area contributed by atoms with Gasteiger partial charge in [0.1, 0.15) is 5.58 Å². The second-order valence-electron chi connectivity index (χ2n) is 14.6. The van der Waals surface area contributed by atoms with E-state index in [0.717, 1.165) is 61.2 Å². The van der Waals surface area contributed by atoms with E-state index in [4.69, 9.17) is 14.4 Å². The molecule has 4 heteroatoms. The number of aromatic nitrogens is 3. The average Bonchev–Trinajstić information content (AvgIpc) is 3.75. The monoisotopic (exact) mass is 679 g/mol. The molecule has 4 nitrogen and oxygen atoms in total. The maximum atomic E-state index is 6.62. The van der Waals surface area contributed by atoms with Crippen LogP contribution in [0.25, 0.3) is 94.5 Å². The number of furan rings is 1. The van der Waals surface area contributed by atoms with Crippen molar-refractivity contribution in [3.05, 3.63) is 175 Å². The number of hydrogen-bond donors (Lipinski definition) is 0. The van der Waals surface area contributed by atoms with Crippen LogP contribution in [-0.2, 0) is 5.41 Å². The zero-order valence-electron chi connectivity index (χ0n) is 29.3. The molecule has 1 aliphatic rings. The fraction of sp³-hybridized carbons (Fsp3) is 0.0612. The summed E-state index contributed by atoms with van der Waals surface area (Å²) in [5, 5.41) is 4.56. The van der Waals surface area contributed by atoms with Crippen LogP contribution < -0.4 is 0 Å². The number of nitrogens with zero attached hydrogens (tertiary/aromatic N) is 3. The second-order valence-corrected chi connectivity index (χ2v) is 14.6. The Labute approximate surface area is 306 Å². The summed E-state index contributed by atoms with van der Waals surface area (Å²) in [7, 11) is 0. The number of para-hydroxylation sites is 3. The summed E-state index contributed by atoms with van der Waals surface area (Å²) < 4.78 is 8.95. The summed E-state index contributed by atoms with van der Waals surface area (Å²) in [6.45, 7) is 4.65. The Bertz CT molecular complexity index is 3020. The van der Waals surface area contributed by atoms with E-state index in [-0.39, 0.29) is 5.41 Å². The molecule has 53 heavy (non-hydrogen) atoms. The SMILES string of the molecule is CC1(C)c2cc(-c3nc(-c4cc(-c5ccccc5)cc(-c5ccccc5)c4)c4ccccc4n3)ccc2-n2c3oc4ccccc4c3c3cccc1c32. The zero-order chi connectivity index (χ0) is 35.3. The van der Waals surface area contributed by atoms with E-state index in [1.807, 2.05) is 6.07 Å². The Hall–Kier alpha value is -6.78. The molecule has 0 atom stereocenters. The number of fused-ring (bicyclic) bond motifs is 8. The fourth-order valence-corrected chi connectivity index (χ4v) is 8.57. The predicted octanol–water partition coefficient (Wildman–Crippen LogP) is 12.8. The quantitative estimate of drug-likeness (QED) is 0.186. The van der Waals surface area contributed by atoms with Crippen LogP contribution in [0.15, 0.2) is 168 Å². The Balaban J connectivity index is 1.14. The molecule has 11 rings (SSSR count). The maximum absolute atomic E-state index is 6.62. The molecule has 0 fully saturated rings. The maximum Gasteiger partial charge on any atom is 0.213 e. The lowest BCUT2D eigenvalue weighted by Crippen LogP contribution is -2.26. The van der Waals surface area contributed by atoms with Gasteiger partial charge in [-0.2, -0.15) is 0 Å².